The molecule has 3 saturated heterocycles. The number of likely N-dealkylation sites (tertiary alicyclic amines) is 1. The van der Waals surface area contributed by atoms with Gasteiger partial charge >= 0.3 is 0 Å². The number of aromatic nitrogens is 1. The Balaban J connectivity index is 0.841. The Morgan fingerprint density at radius 3 is 2.07 bits per heavy atom. The molecule has 0 unspecified atom stereocenters. The lowest BCUT2D eigenvalue weighted by atomic mass is 9.94. The molecule has 0 bridgehead atoms. The van der Waals surface area contributed by atoms with Crippen molar-refractivity contribution >= 4 is 50.4 Å². The number of halogens is 1. The fourth-order valence-electron chi connectivity index (χ4n) is 10.5. The Morgan fingerprint density at radius 2 is 1.41 bits per heavy atom. The van der Waals surface area contributed by atoms with Crippen LogP contribution >= 0.6 is 11.8 Å². The molecule has 1 atom stereocenters. The van der Waals surface area contributed by atoms with Crippen LogP contribution in [-0.2, 0) is 17.1 Å². The van der Waals surface area contributed by atoms with Crippen molar-refractivity contribution in [2.75, 3.05) is 111 Å². The molecule has 392 valence electrons. The number of benzene rings is 5. The second-order valence-electron chi connectivity index (χ2n) is 20.4. The van der Waals surface area contributed by atoms with Crippen molar-refractivity contribution in [1.29, 1.82) is 0 Å². The van der Waals surface area contributed by atoms with Crippen LogP contribution in [0.1, 0.15) is 47.8 Å². The third-order valence-electron chi connectivity index (χ3n) is 15.1. The van der Waals surface area contributed by atoms with Crippen molar-refractivity contribution in [3.63, 3.8) is 0 Å². The Hall–Kier alpha value is -5.88. The van der Waals surface area contributed by atoms with E-state index >= 15 is 0 Å². The number of rotatable bonds is 18. The van der Waals surface area contributed by atoms with Crippen molar-refractivity contribution in [2.24, 2.45) is 7.05 Å². The fourth-order valence-corrected chi connectivity index (χ4v) is 12.6. The van der Waals surface area contributed by atoms with Crippen LogP contribution in [0.4, 0.5) is 27.1 Å². The predicted octanol–water partition coefficient (Wildman–Crippen LogP) is 8.80. The summed E-state index contributed by atoms with van der Waals surface area (Å²) in [5, 5.41) is 23.7. The first-order valence-corrected chi connectivity index (χ1v) is 28.4. The Morgan fingerprint density at radius 1 is 0.743 bits per heavy atom. The summed E-state index contributed by atoms with van der Waals surface area (Å²) < 4.78 is 46.7. The summed E-state index contributed by atoms with van der Waals surface area (Å²) in [4.78, 5) is 27.1. The van der Waals surface area contributed by atoms with Crippen LogP contribution in [0, 0.1) is 19.7 Å². The Bertz CT molecular complexity index is 2970. The van der Waals surface area contributed by atoms with Crippen molar-refractivity contribution in [3.8, 4) is 22.4 Å². The molecular formula is C58H71FN8O5S2. The van der Waals surface area contributed by atoms with Crippen LogP contribution in [0.3, 0.4) is 0 Å². The summed E-state index contributed by atoms with van der Waals surface area (Å²) in [6.45, 7) is 14.7. The van der Waals surface area contributed by atoms with Gasteiger partial charge in [-0.25, -0.2) is 12.8 Å². The van der Waals surface area contributed by atoms with Gasteiger partial charge in [0.15, 0.2) is 0 Å². The fraction of sp³-hybridized carbons (Fsp3) is 0.397. The van der Waals surface area contributed by atoms with Crippen molar-refractivity contribution < 1.29 is 27.8 Å². The molecule has 4 heterocycles. The highest BCUT2D eigenvalue weighted by atomic mass is 32.2. The van der Waals surface area contributed by atoms with E-state index in [1.807, 2.05) is 91.5 Å². The van der Waals surface area contributed by atoms with Crippen molar-refractivity contribution in [2.45, 2.75) is 61.5 Å². The van der Waals surface area contributed by atoms with E-state index in [2.05, 4.69) is 72.1 Å². The maximum absolute atomic E-state index is 14.5. The highest BCUT2D eigenvalue weighted by molar-refractivity contribution is 7.99. The van der Waals surface area contributed by atoms with Crippen LogP contribution in [0.25, 0.3) is 22.4 Å². The van der Waals surface area contributed by atoms with Crippen LogP contribution in [0.2, 0.25) is 0 Å². The van der Waals surface area contributed by atoms with Crippen LogP contribution in [0.5, 0.6) is 0 Å². The number of amides is 1. The van der Waals surface area contributed by atoms with Gasteiger partial charge < -0.3 is 39.7 Å². The van der Waals surface area contributed by atoms with Gasteiger partial charge in [-0.1, -0.05) is 30.3 Å². The standard InChI is InChI=1S/C58H71FN8O5S2/c1-42-39-52(21-22-53(42)60-48(41-73-51-11-6-5-7-12-51)23-26-63-27-24-58(3,70)25-28-63)74(71,72)61-47-17-19-49(20-18-47)65-33-35-66(36-34-65)50-10-8-9-45(40-50)55-54(57(69)67-31-29-64(30-32-67)37-38-68)43(2)62(4)56(55)44-13-15-46(59)16-14-44/h5-22,39-40,48,60-61,68,70H,23-38,41H2,1-4H3/t48-/m1/s1. The second-order valence-corrected chi connectivity index (χ2v) is 23.1. The number of aryl methyl sites for hydroxylation is 1. The predicted molar refractivity (Wildman–Crippen MR) is 299 cm³/mol. The third-order valence-corrected chi connectivity index (χ3v) is 17.7. The highest BCUT2D eigenvalue weighted by Crippen LogP contribution is 2.41. The lowest BCUT2D eigenvalue weighted by molar-refractivity contribution is -0.00556. The number of aliphatic hydroxyl groups excluding tert-OH is 1. The van der Waals surface area contributed by atoms with E-state index in [1.54, 1.807) is 24.3 Å². The summed E-state index contributed by atoms with van der Waals surface area (Å²) in [5.74, 6) is 0.498. The average molecular weight is 1040 g/mol. The number of hydrogen-bond acceptors (Lipinski definition) is 11. The van der Waals surface area contributed by atoms with Crippen LogP contribution in [0.15, 0.2) is 131 Å². The normalized spacial score (nSPS) is 17.1. The molecule has 3 aliphatic rings. The lowest BCUT2D eigenvalue weighted by Crippen LogP contribution is -2.49. The van der Waals surface area contributed by atoms with E-state index in [0.717, 1.165) is 122 Å². The first kappa shape index (κ1) is 53.0. The highest BCUT2D eigenvalue weighted by Gasteiger charge is 2.32. The molecule has 1 aromatic heterocycles. The van der Waals surface area contributed by atoms with E-state index in [0.29, 0.717) is 44.0 Å². The number of carbonyl (C=O) groups is 1. The van der Waals surface area contributed by atoms with E-state index in [-0.39, 0.29) is 29.3 Å². The smallest absolute Gasteiger partial charge is 0.261 e. The molecule has 3 fully saturated rings. The number of nitrogens with one attached hydrogen (secondary N) is 2. The van der Waals surface area contributed by atoms with Gasteiger partial charge in [0, 0.05) is 136 Å². The number of hydrogen-bond donors (Lipinski definition) is 4. The molecule has 16 heteroatoms. The van der Waals surface area contributed by atoms with Gasteiger partial charge in [-0.15, -0.1) is 11.8 Å². The van der Waals surface area contributed by atoms with Gasteiger partial charge in [0.1, 0.15) is 5.82 Å². The first-order valence-electron chi connectivity index (χ1n) is 26.0. The maximum Gasteiger partial charge on any atom is 0.261 e. The van der Waals surface area contributed by atoms with Gasteiger partial charge in [-0.3, -0.25) is 14.4 Å². The molecular weight excluding hydrogens is 972 g/mol. The number of piperidine rings is 1. The zero-order valence-corrected chi connectivity index (χ0v) is 44.8. The van der Waals surface area contributed by atoms with Gasteiger partial charge in [-0.2, -0.15) is 0 Å². The number of anilines is 4. The molecule has 6 aromatic rings. The summed E-state index contributed by atoms with van der Waals surface area (Å²) in [6.07, 6.45) is 2.46. The monoisotopic (exact) mass is 1040 g/mol. The molecule has 0 saturated carbocycles. The Labute approximate surface area is 441 Å². The molecule has 5 aromatic carbocycles. The zero-order valence-electron chi connectivity index (χ0n) is 43.1. The van der Waals surface area contributed by atoms with Gasteiger partial charge in [0.2, 0.25) is 0 Å². The zero-order chi connectivity index (χ0) is 52.0. The number of thioether (sulfide) groups is 1. The minimum Gasteiger partial charge on any atom is -0.395 e. The maximum atomic E-state index is 14.5. The molecule has 1 amide bonds. The average Bonchev–Trinajstić information content (AvgIpc) is 3.67. The quantitative estimate of drug-likeness (QED) is 0.0616. The number of sulfonamides is 1. The summed E-state index contributed by atoms with van der Waals surface area (Å²) in [7, 11) is -1.91. The van der Waals surface area contributed by atoms with E-state index in [9.17, 15) is 27.8 Å². The van der Waals surface area contributed by atoms with Crippen molar-refractivity contribution in [3.05, 3.63) is 144 Å². The largest absolute Gasteiger partial charge is 0.395 e. The molecule has 9 rings (SSSR count). The number of aliphatic hydroxyl groups is 2. The van der Waals surface area contributed by atoms with Crippen LogP contribution in [-0.4, -0.2) is 146 Å². The van der Waals surface area contributed by atoms with E-state index in [1.165, 1.54) is 17.0 Å². The van der Waals surface area contributed by atoms with Gasteiger partial charge in [-0.05, 0) is 148 Å². The van der Waals surface area contributed by atoms with Gasteiger partial charge in [0.05, 0.1) is 28.4 Å². The molecule has 74 heavy (non-hydrogen) atoms. The number of β-amino-alcohol motifs (C(OH)–C–C–N with tert-alkyl or cyclic N) is 1. The van der Waals surface area contributed by atoms with Crippen molar-refractivity contribution in [1.82, 2.24) is 19.3 Å². The molecule has 3 aliphatic heterocycles. The van der Waals surface area contributed by atoms with E-state index < -0.39 is 15.6 Å². The second kappa shape index (κ2) is 23.3. The number of piperazine rings is 2. The molecule has 4 N–H and O–H groups in total. The molecule has 0 aliphatic carbocycles. The topological polar surface area (TPSA) is 137 Å². The SMILES string of the molecule is Cc1cc(S(=O)(=O)Nc2ccc(N3CCN(c4cccc(-c5c(C(=O)N6CCN(CCO)CC6)c(C)n(C)c5-c5ccc(F)cc5)c4)CC3)cc2)ccc1N[C@H](CCN1CCC(C)(O)CC1)CSc1ccccc1. The number of nitrogens with zero attached hydrogens (tertiary/aromatic N) is 6. The minimum absolute atomic E-state index is 0.0316. The molecule has 0 spiro atoms. The number of carbonyl (C=O) groups excluding carboxylic acids is 1. The first-order chi connectivity index (χ1) is 35.6. The summed E-state index contributed by atoms with van der Waals surface area (Å²) >= 11 is 1.81. The summed E-state index contributed by atoms with van der Waals surface area (Å²) in [6, 6.07) is 38.2. The Kier molecular flexibility index (Phi) is 16.7. The lowest BCUT2D eigenvalue weighted by Gasteiger charge is -2.37. The van der Waals surface area contributed by atoms with Gasteiger partial charge in [0.25, 0.3) is 15.9 Å². The summed E-state index contributed by atoms with van der Waals surface area (Å²) in [5.41, 5.74) is 8.60. The minimum atomic E-state index is -3.88. The molecule has 13 nitrogen and oxygen atoms in total. The van der Waals surface area contributed by atoms with Crippen LogP contribution < -0.4 is 19.8 Å². The molecule has 0 radical (unpaired) electrons. The van der Waals surface area contributed by atoms with E-state index in [4.69, 9.17) is 0 Å². The third kappa shape index (κ3) is 12.6.